The standard InChI is InChI=1S/C21H25N2Si.CH4O3S/c1-22(2)21-12-16-23(17-13-21)15-8-11-19-9-6-7-10-20(19)14-18-24(3,4)5;1-5(2,3)4/h6-7,9-10,12-13,16-17H,15H2,1-5H3;1H3,(H,2,3,4)/q+1;/p-1. The van der Waals surface area contributed by atoms with Crippen LogP contribution in [0.3, 0.4) is 0 Å². The summed E-state index contributed by atoms with van der Waals surface area (Å²) in [5.74, 6) is 9.83. The molecule has 1 aromatic carbocycles. The quantitative estimate of drug-likeness (QED) is 0.319. The molecule has 7 heteroatoms. The second-order valence-corrected chi connectivity index (χ2v) is 13.8. The summed E-state index contributed by atoms with van der Waals surface area (Å²) < 4.78 is 29.3. The lowest BCUT2D eigenvalue weighted by atomic mass is 10.1. The van der Waals surface area contributed by atoms with Gasteiger partial charge in [0.05, 0.1) is 10.1 Å². The first-order valence-electron chi connectivity index (χ1n) is 9.03. The fraction of sp³-hybridized carbons (Fsp3) is 0.318. The number of benzene rings is 1. The molecule has 0 saturated carbocycles. The van der Waals surface area contributed by atoms with Gasteiger partial charge in [0.1, 0.15) is 8.07 Å². The van der Waals surface area contributed by atoms with Gasteiger partial charge in [0.2, 0.25) is 6.54 Å². The van der Waals surface area contributed by atoms with Crippen LogP contribution in [-0.4, -0.2) is 41.4 Å². The van der Waals surface area contributed by atoms with Gasteiger partial charge < -0.3 is 9.45 Å². The molecule has 29 heavy (non-hydrogen) atoms. The zero-order chi connectivity index (χ0) is 22.1. The van der Waals surface area contributed by atoms with E-state index in [4.69, 9.17) is 13.0 Å². The smallest absolute Gasteiger partial charge is 0.209 e. The monoisotopic (exact) mass is 428 g/mol. The van der Waals surface area contributed by atoms with Crippen LogP contribution < -0.4 is 9.47 Å². The van der Waals surface area contributed by atoms with Crippen molar-refractivity contribution in [2.45, 2.75) is 26.2 Å². The maximum atomic E-state index is 9.08. The van der Waals surface area contributed by atoms with Crippen molar-refractivity contribution in [3.8, 4) is 23.3 Å². The Hall–Kier alpha value is -2.58. The fourth-order valence-corrected chi connectivity index (χ4v) is 2.54. The molecule has 0 amide bonds. The van der Waals surface area contributed by atoms with Crippen LogP contribution in [0.15, 0.2) is 48.8 Å². The van der Waals surface area contributed by atoms with Gasteiger partial charge in [-0.1, -0.05) is 43.6 Å². The second-order valence-electron chi connectivity index (χ2n) is 7.67. The Morgan fingerprint density at radius 2 is 1.48 bits per heavy atom. The third kappa shape index (κ3) is 11.8. The van der Waals surface area contributed by atoms with Gasteiger partial charge in [-0.05, 0) is 18.1 Å². The van der Waals surface area contributed by atoms with Crippen LogP contribution in [0.5, 0.6) is 0 Å². The number of nitrogens with zero attached hydrogens (tertiary/aromatic N) is 2. The maximum Gasteiger partial charge on any atom is 0.209 e. The van der Waals surface area contributed by atoms with Gasteiger partial charge in [0.15, 0.2) is 12.4 Å². The summed E-state index contributed by atoms with van der Waals surface area (Å²) >= 11 is 0. The van der Waals surface area contributed by atoms with Crippen LogP contribution in [0.25, 0.3) is 0 Å². The molecular weight excluding hydrogens is 400 g/mol. The SMILES string of the molecule is CN(C)c1cc[n+](CC#Cc2ccccc2C#C[Si](C)(C)C)cc1.CS(=O)(=O)[O-]. The molecule has 0 atom stereocenters. The summed E-state index contributed by atoms with van der Waals surface area (Å²) in [6.45, 7) is 7.43. The van der Waals surface area contributed by atoms with Crippen LogP contribution in [-0.2, 0) is 16.7 Å². The third-order valence-electron chi connectivity index (χ3n) is 3.37. The van der Waals surface area contributed by atoms with Gasteiger partial charge in [-0.15, -0.1) is 5.54 Å². The van der Waals surface area contributed by atoms with E-state index in [-0.39, 0.29) is 0 Å². The van der Waals surface area contributed by atoms with Crippen molar-refractivity contribution in [3.05, 3.63) is 59.9 Å². The lowest BCUT2D eigenvalue weighted by Crippen LogP contribution is -2.32. The van der Waals surface area contributed by atoms with Gasteiger partial charge in [0, 0.05) is 49.3 Å². The molecule has 0 saturated heterocycles. The maximum absolute atomic E-state index is 9.08. The lowest BCUT2D eigenvalue weighted by Gasteiger charge is -2.09. The molecule has 1 aromatic heterocycles. The van der Waals surface area contributed by atoms with Gasteiger partial charge in [-0.25, -0.2) is 8.42 Å². The van der Waals surface area contributed by atoms with E-state index in [9.17, 15) is 0 Å². The van der Waals surface area contributed by atoms with E-state index in [1.807, 2.05) is 32.3 Å². The largest absolute Gasteiger partial charge is 0.748 e. The van der Waals surface area contributed by atoms with Gasteiger partial charge in [-0.3, -0.25) is 0 Å². The van der Waals surface area contributed by atoms with E-state index < -0.39 is 18.2 Å². The first kappa shape index (κ1) is 24.5. The Morgan fingerprint density at radius 1 is 1.00 bits per heavy atom. The van der Waals surface area contributed by atoms with E-state index in [0.29, 0.717) is 12.8 Å². The molecule has 5 nitrogen and oxygen atoms in total. The first-order valence-corrected chi connectivity index (χ1v) is 14.4. The van der Waals surface area contributed by atoms with E-state index in [1.54, 1.807) is 0 Å². The molecule has 0 spiro atoms. The molecule has 2 aromatic rings. The molecule has 0 N–H and O–H groups in total. The van der Waals surface area contributed by atoms with Crippen molar-refractivity contribution in [3.63, 3.8) is 0 Å². The molecule has 1 heterocycles. The van der Waals surface area contributed by atoms with E-state index in [0.717, 1.165) is 11.1 Å². The number of rotatable bonds is 2. The predicted molar refractivity (Wildman–Crippen MR) is 120 cm³/mol. The Kier molecular flexibility index (Phi) is 9.13. The summed E-state index contributed by atoms with van der Waals surface area (Å²) in [4.78, 5) is 2.09. The highest BCUT2D eigenvalue weighted by Gasteiger charge is 2.08. The molecule has 0 fully saturated rings. The number of hydrogen-bond acceptors (Lipinski definition) is 4. The van der Waals surface area contributed by atoms with Crippen LogP contribution >= 0.6 is 0 Å². The lowest BCUT2D eigenvalue weighted by molar-refractivity contribution is -0.684. The van der Waals surface area contributed by atoms with Gasteiger partial charge in [-0.2, -0.15) is 4.57 Å². The average Bonchev–Trinajstić information content (AvgIpc) is 2.59. The number of aromatic nitrogens is 1. The molecule has 0 aliphatic carbocycles. The molecule has 0 aliphatic rings. The minimum atomic E-state index is -3.92. The summed E-state index contributed by atoms with van der Waals surface area (Å²) in [7, 11) is -1.22. The Bertz CT molecular complexity index is 1030. The average molecular weight is 429 g/mol. The first-order chi connectivity index (χ1) is 13.3. The zero-order valence-corrected chi connectivity index (χ0v) is 19.7. The minimum Gasteiger partial charge on any atom is -0.748 e. The highest BCUT2D eigenvalue weighted by molar-refractivity contribution is 7.84. The number of pyridine rings is 1. The van der Waals surface area contributed by atoms with E-state index in [2.05, 4.69) is 83.0 Å². The number of hydrogen-bond donors (Lipinski definition) is 0. The van der Waals surface area contributed by atoms with Crippen LogP contribution in [0.4, 0.5) is 5.69 Å². The highest BCUT2D eigenvalue weighted by Crippen LogP contribution is 2.07. The number of anilines is 1. The van der Waals surface area contributed by atoms with Crippen molar-refractivity contribution in [2.24, 2.45) is 0 Å². The Balaban J connectivity index is 0.000000749. The van der Waals surface area contributed by atoms with E-state index in [1.165, 1.54) is 5.69 Å². The molecular formula is C22H28N2O3SSi. The van der Waals surface area contributed by atoms with Crippen LogP contribution in [0, 0.1) is 23.3 Å². The van der Waals surface area contributed by atoms with Crippen molar-refractivity contribution in [2.75, 3.05) is 25.3 Å². The summed E-state index contributed by atoms with van der Waals surface area (Å²) in [5, 5.41) is 0. The summed E-state index contributed by atoms with van der Waals surface area (Å²) in [6.07, 6.45) is 4.72. The predicted octanol–water partition coefficient (Wildman–Crippen LogP) is 2.48. The van der Waals surface area contributed by atoms with Crippen LogP contribution in [0.2, 0.25) is 19.6 Å². The third-order valence-corrected chi connectivity index (χ3v) is 4.25. The highest BCUT2D eigenvalue weighted by atomic mass is 32.2. The second kappa shape index (κ2) is 10.8. The molecule has 0 bridgehead atoms. The minimum absolute atomic E-state index is 0.604. The molecule has 0 radical (unpaired) electrons. The normalized spacial score (nSPS) is 10.4. The molecule has 0 unspecified atom stereocenters. The van der Waals surface area contributed by atoms with Crippen molar-refractivity contribution < 1.29 is 17.5 Å². The molecule has 154 valence electrons. The topological polar surface area (TPSA) is 64.3 Å². The molecule has 2 rings (SSSR count). The fourth-order valence-electron chi connectivity index (χ4n) is 2.04. The Morgan fingerprint density at radius 3 is 1.93 bits per heavy atom. The van der Waals surface area contributed by atoms with Crippen LogP contribution in [0.1, 0.15) is 11.1 Å². The van der Waals surface area contributed by atoms with Crippen molar-refractivity contribution in [1.82, 2.24) is 0 Å². The van der Waals surface area contributed by atoms with Gasteiger partial charge in [0.25, 0.3) is 0 Å². The van der Waals surface area contributed by atoms with Gasteiger partial charge >= 0.3 is 0 Å². The van der Waals surface area contributed by atoms with Crippen molar-refractivity contribution >= 4 is 23.9 Å². The zero-order valence-electron chi connectivity index (χ0n) is 17.9. The Labute approximate surface area is 176 Å². The van der Waals surface area contributed by atoms with Crippen molar-refractivity contribution in [1.29, 1.82) is 0 Å². The molecule has 0 aliphatic heterocycles. The summed E-state index contributed by atoms with van der Waals surface area (Å²) in [6, 6.07) is 12.3. The summed E-state index contributed by atoms with van der Waals surface area (Å²) in [5.41, 5.74) is 6.64. The van der Waals surface area contributed by atoms with E-state index >= 15 is 0 Å².